The van der Waals surface area contributed by atoms with Crippen molar-refractivity contribution in [3.63, 3.8) is 0 Å². The van der Waals surface area contributed by atoms with Gasteiger partial charge in [0.15, 0.2) is 0 Å². The number of benzene rings is 1. The molecular formula is C11H11BrN4O. The fraction of sp³-hybridized carbons (Fsp3) is 0.182. The van der Waals surface area contributed by atoms with Gasteiger partial charge in [-0.2, -0.15) is 10.4 Å². The van der Waals surface area contributed by atoms with Gasteiger partial charge in [0, 0.05) is 4.47 Å². The fourth-order valence-corrected chi connectivity index (χ4v) is 1.62. The van der Waals surface area contributed by atoms with Gasteiger partial charge in [0.2, 0.25) is 5.71 Å². The van der Waals surface area contributed by atoms with Crippen LogP contribution >= 0.6 is 15.9 Å². The Morgan fingerprint density at radius 2 is 2.35 bits per heavy atom. The molecule has 0 atom stereocenters. The molecule has 0 aliphatic heterocycles. The summed E-state index contributed by atoms with van der Waals surface area (Å²) >= 11 is 3.36. The van der Waals surface area contributed by atoms with Gasteiger partial charge in [-0.25, -0.2) is 0 Å². The van der Waals surface area contributed by atoms with E-state index in [1.165, 1.54) is 0 Å². The molecule has 1 rings (SSSR count). The first kappa shape index (κ1) is 13.2. The largest absolute Gasteiger partial charge is 0.364 e. The molecule has 1 aromatic rings. The lowest BCUT2D eigenvalue weighted by Crippen LogP contribution is -2.22. The number of aryl methyl sites for hydroxylation is 1. The molecule has 88 valence electrons. The van der Waals surface area contributed by atoms with Crippen LogP contribution < -0.4 is 11.2 Å². The molecule has 0 bridgehead atoms. The number of nitrogens with zero attached hydrogens (tertiary/aromatic N) is 2. The Hall–Kier alpha value is -1.87. The molecule has 6 heteroatoms. The molecule has 0 fully saturated rings. The summed E-state index contributed by atoms with van der Waals surface area (Å²) in [4.78, 5) is 10.8. The summed E-state index contributed by atoms with van der Waals surface area (Å²) in [7, 11) is 0. The van der Waals surface area contributed by atoms with Crippen molar-refractivity contribution in [1.29, 1.82) is 5.26 Å². The molecular weight excluding hydrogens is 284 g/mol. The lowest BCUT2D eigenvalue weighted by atomic mass is 10.1. The first-order valence-corrected chi connectivity index (χ1v) is 5.69. The third-order valence-corrected chi connectivity index (χ3v) is 2.57. The quantitative estimate of drug-likeness (QED) is 0.655. The lowest BCUT2D eigenvalue weighted by Gasteiger charge is -2.07. The van der Waals surface area contributed by atoms with Crippen molar-refractivity contribution in [2.45, 2.75) is 13.3 Å². The lowest BCUT2D eigenvalue weighted by molar-refractivity contribution is -0.111. The zero-order valence-corrected chi connectivity index (χ0v) is 10.8. The summed E-state index contributed by atoms with van der Waals surface area (Å²) in [6.07, 6.45) is 0.801. The van der Waals surface area contributed by atoms with Crippen LogP contribution in [0.25, 0.3) is 0 Å². The van der Waals surface area contributed by atoms with Gasteiger partial charge in [0.1, 0.15) is 6.07 Å². The van der Waals surface area contributed by atoms with Crippen LogP contribution in [0.1, 0.15) is 12.5 Å². The van der Waals surface area contributed by atoms with Crippen molar-refractivity contribution >= 4 is 33.2 Å². The summed E-state index contributed by atoms with van der Waals surface area (Å²) in [5.41, 5.74) is 9.04. The molecule has 1 aromatic carbocycles. The molecule has 3 N–H and O–H groups in total. The third kappa shape index (κ3) is 3.57. The van der Waals surface area contributed by atoms with E-state index in [2.05, 4.69) is 26.5 Å². The van der Waals surface area contributed by atoms with Crippen LogP contribution in [0.5, 0.6) is 0 Å². The van der Waals surface area contributed by atoms with E-state index in [0.29, 0.717) is 0 Å². The standard InChI is InChI=1S/C11H11BrN4O/c1-2-7-5-8(12)3-4-9(7)15-16-10(6-13)11(14)17/h3-5,15H,2H2,1H3,(H2,14,17)/b16-10-. The number of hydrogen-bond acceptors (Lipinski definition) is 4. The van der Waals surface area contributed by atoms with Gasteiger partial charge in [0.05, 0.1) is 5.69 Å². The molecule has 0 saturated carbocycles. The van der Waals surface area contributed by atoms with Gasteiger partial charge in [-0.1, -0.05) is 22.9 Å². The highest BCUT2D eigenvalue weighted by atomic mass is 79.9. The van der Waals surface area contributed by atoms with Crippen LogP contribution in [0.4, 0.5) is 5.69 Å². The van der Waals surface area contributed by atoms with E-state index in [0.717, 1.165) is 22.1 Å². The van der Waals surface area contributed by atoms with Gasteiger partial charge in [-0.05, 0) is 30.2 Å². The monoisotopic (exact) mass is 294 g/mol. The fourth-order valence-electron chi connectivity index (χ4n) is 1.22. The van der Waals surface area contributed by atoms with Crippen LogP contribution in [-0.2, 0) is 11.2 Å². The zero-order valence-electron chi connectivity index (χ0n) is 9.20. The minimum absolute atomic E-state index is 0.352. The molecule has 0 heterocycles. The number of nitrogens with two attached hydrogens (primary N) is 1. The second-order valence-corrected chi connectivity index (χ2v) is 4.12. The predicted molar refractivity (Wildman–Crippen MR) is 69.4 cm³/mol. The normalized spacial score (nSPS) is 10.8. The van der Waals surface area contributed by atoms with E-state index in [9.17, 15) is 4.79 Å². The minimum atomic E-state index is -0.852. The van der Waals surface area contributed by atoms with Crippen molar-refractivity contribution in [2.75, 3.05) is 5.43 Å². The Kier molecular flexibility index (Phi) is 4.67. The van der Waals surface area contributed by atoms with Gasteiger partial charge in [0.25, 0.3) is 5.91 Å². The molecule has 1 amide bonds. The van der Waals surface area contributed by atoms with Crippen LogP contribution in [0.2, 0.25) is 0 Å². The SMILES string of the molecule is CCc1cc(Br)ccc1N/N=C(/C#N)C(N)=O. The Balaban J connectivity index is 2.97. The van der Waals surface area contributed by atoms with Crippen molar-refractivity contribution in [3.05, 3.63) is 28.2 Å². The zero-order chi connectivity index (χ0) is 12.8. The number of hydrogen-bond donors (Lipinski definition) is 2. The average molecular weight is 295 g/mol. The minimum Gasteiger partial charge on any atom is -0.364 e. The number of hydrazone groups is 1. The number of nitrogens with one attached hydrogen (secondary N) is 1. The Labute approximate surface area is 107 Å². The van der Waals surface area contributed by atoms with E-state index < -0.39 is 5.91 Å². The number of nitriles is 1. The molecule has 0 aliphatic carbocycles. The van der Waals surface area contributed by atoms with Gasteiger partial charge < -0.3 is 5.73 Å². The second kappa shape index (κ2) is 6.01. The van der Waals surface area contributed by atoms with E-state index >= 15 is 0 Å². The Bertz CT molecular complexity index is 505. The molecule has 0 spiro atoms. The molecule has 5 nitrogen and oxygen atoms in total. The molecule has 0 radical (unpaired) electrons. The molecule has 0 saturated heterocycles. The second-order valence-electron chi connectivity index (χ2n) is 3.20. The van der Waals surface area contributed by atoms with Crippen molar-refractivity contribution in [3.8, 4) is 6.07 Å². The summed E-state index contributed by atoms with van der Waals surface area (Å²) < 4.78 is 0.958. The van der Waals surface area contributed by atoms with E-state index in [1.807, 2.05) is 25.1 Å². The van der Waals surface area contributed by atoms with Crippen molar-refractivity contribution in [2.24, 2.45) is 10.8 Å². The predicted octanol–water partition coefficient (Wildman–Crippen LogP) is 1.79. The average Bonchev–Trinajstić information content (AvgIpc) is 2.31. The van der Waals surface area contributed by atoms with Crippen LogP contribution in [-0.4, -0.2) is 11.6 Å². The number of rotatable bonds is 4. The smallest absolute Gasteiger partial charge is 0.280 e. The highest BCUT2D eigenvalue weighted by Gasteiger charge is 2.06. The van der Waals surface area contributed by atoms with Crippen LogP contribution in [0.3, 0.4) is 0 Å². The van der Waals surface area contributed by atoms with E-state index in [1.54, 1.807) is 6.07 Å². The maximum atomic E-state index is 10.8. The Morgan fingerprint density at radius 1 is 1.65 bits per heavy atom. The topological polar surface area (TPSA) is 91.3 Å². The van der Waals surface area contributed by atoms with Gasteiger partial charge in [-0.3, -0.25) is 10.2 Å². The van der Waals surface area contributed by atoms with Gasteiger partial charge >= 0.3 is 0 Å². The number of halogens is 1. The number of anilines is 1. The molecule has 0 aliphatic rings. The first-order chi connectivity index (χ1) is 8.08. The van der Waals surface area contributed by atoms with Crippen LogP contribution in [0, 0.1) is 11.3 Å². The maximum Gasteiger partial charge on any atom is 0.280 e. The summed E-state index contributed by atoms with van der Waals surface area (Å²) in [5, 5.41) is 12.3. The number of amides is 1. The van der Waals surface area contributed by atoms with Crippen molar-refractivity contribution < 1.29 is 4.79 Å². The van der Waals surface area contributed by atoms with Crippen LogP contribution in [0.15, 0.2) is 27.8 Å². The number of carbonyl (C=O) groups is 1. The van der Waals surface area contributed by atoms with E-state index in [4.69, 9.17) is 11.0 Å². The number of primary amides is 1. The Morgan fingerprint density at radius 3 is 2.88 bits per heavy atom. The summed E-state index contributed by atoms with van der Waals surface area (Å²) in [6, 6.07) is 7.21. The van der Waals surface area contributed by atoms with E-state index in [-0.39, 0.29) is 5.71 Å². The maximum absolute atomic E-state index is 10.8. The molecule has 0 aromatic heterocycles. The summed E-state index contributed by atoms with van der Waals surface area (Å²) in [6.45, 7) is 2.00. The molecule has 0 unspecified atom stereocenters. The molecule has 17 heavy (non-hydrogen) atoms. The third-order valence-electron chi connectivity index (χ3n) is 2.08. The highest BCUT2D eigenvalue weighted by Crippen LogP contribution is 2.21. The first-order valence-electron chi connectivity index (χ1n) is 4.90. The highest BCUT2D eigenvalue weighted by molar-refractivity contribution is 9.10. The van der Waals surface area contributed by atoms with Gasteiger partial charge in [-0.15, -0.1) is 0 Å². The van der Waals surface area contributed by atoms with Crippen molar-refractivity contribution in [1.82, 2.24) is 0 Å². The number of carbonyl (C=O) groups excluding carboxylic acids is 1. The summed E-state index contributed by atoms with van der Waals surface area (Å²) in [5.74, 6) is -0.852.